The van der Waals surface area contributed by atoms with E-state index in [1.54, 1.807) is 10.9 Å². The summed E-state index contributed by atoms with van der Waals surface area (Å²) in [5, 5.41) is 17.5. The number of hydrogen-bond donors (Lipinski definition) is 1. The molecule has 0 fully saturated rings. The number of furan rings is 1. The number of carbonyl (C=O) groups excluding carboxylic acids is 1. The lowest BCUT2D eigenvalue weighted by molar-refractivity contribution is -0.402. The monoisotopic (exact) mass is 426 g/mol. The highest BCUT2D eigenvalue weighted by Crippen LogP contribution is 2.29. The fourth-order valence-corrected chi connectivity index (χ4v) is 2.77. The summed E-state index contributed by atoms with van der Waals surface area (Å²) in [5.74, 6) is 0.764. The number of rotatable bonds is 10. The van der Waals surface area contributed by atoms with E-state index in [1.807, 2.05) is 32.0 Å². The van der Waals surface area contributed by atoms with Crippen LogP contribution in [-0.2, 0) is 11.3 Å². The number of benzene rings is 1. The van der Waals surface area contributed by atoms with Crippen LogP contribution in [0.1, 0.15) is 25.2 Å². The maximum Gasteiger partial charge on any atom is 0.433 e. The molecule has 1 aromatic carbocycles. The molecule has 10 heteroatoms. The van der Waals surface area contributed by atoms with E-state index in [2.05, 4.69) is 10.4 Å². The second-order valence-corrected chi connectivity index (χ2v) is 6.33. The lowest BCUT2D eigenvalue weighted by Crippen LogP contribution is -2.07. The average Bonchev–Trinajstić information content (AvgIpc) is 3.38. The highest BCUT2D eigenvalue weighted by atomic mass is 16.6. The predicted octanol–water partition coefficient (Wildman–Crippen LogP) is 3.88. The fraction of sp³-hybridized carbons (Fsp3) is 0.238. The predicted molar refractivity (Wildman–Crippen MR) is 113 cm³/mol. The van der Waals surface area contributed by atoms with Crippen molar-refractivity contribution in [2.45, 2.75) is 20.4 Å². The number of carbonyl (C=O) groups is 1. The van der Waals surface area contributed by atoms with Gasteiger partial charge in [0.25, 0.3) is 0 Å². The zero-order chi connectivity index (χ0) is 22.2. The Balaban J connectivity index is 1.60. The van der Waals surface area contributed by atoms with Gasteiger partial charge in [-0.25, -0.2) is 0 Å². The van der Waals surface area contributed by atoms with Crippen LogP contribution in [0.15, 0.2) is 53.2 Å². The van der Waals surface area contributed by atoms with Crippen molar-refractivity contribution >= 4 is 23.6 Å². The second-order valence-electron chi connectivity index (χ2n) is 6.33. The summed E-state index contributed by atoms with van der Waals surface area (Å²) in [4.78, 5) is 22.0. The molecule has 0 bridgehead atoms. The van der Waals surface area contributed by atoms with Crippen molar-refractivity contribution in [3.05, 3.63) is 70.2 Å². The van der Waals surface area contributed by atoms with Crippen LogP contribution >= 0.6 is 0 Å². The van der Waals surface area contributed by atoms with Crippen LogP contribution in [0.3, 0.4) is 0 Å². The molecule has 162 valence electrons. The van der Waals surface area contributed by atoms with Crippen molar-refractivity contribution in [3.8, 4) is 11.5 Å². The first-order valence-corrected chi connectivity index (χ1v) is 9.62. The molecule has 3 rings (SSSR count). The van der Waals surface area contributed by atoms with Crippen molar-refractivity contribution in [2.75, 3.05) is 18.5 Å². The minimum atomic E-state index is -0.645. The Labute approximate surface area is 178 Å². The second kappa shape index (κ2) is 10.1. The van der Waals surface area contributed by atoms with Gasteiger partial charge in [0.1, 0.15) is 10.7 Å². The molecule has 0 radical (unpaired) electrons. The van der Waals surface area contributed by atoms with Gasteiger partial charge < -0.3 is 19.2 Å². The van der Waals surface area contributed by atoms with Crippen LogP contribution in [0.25, 0.3) is 6.08 Å². The van der Waals surface area contributed by atoms with E-state index in [9.17, 15) is 14.9 Å². The van der Waals surface area contributed by atoms with E-state index in [0.29, 0.717) is 36.9 Å². The van der Waals surface area contributed by atoms with Crippen molar-refractivity contribution < 1.29 is 23.6 Å². The first kappa shape index (κ1) is 21.6. The Kier molecular flexibility index (Phi) is 7.05. The van der Waals surface area contributed by atoms with E-state index >= 15 is 0 Å². The number of anilines is 1. The number of nitrogens with one attached hydrogen (secondary N) is 1. The van der Waals surface area contributed by atoms with E-state index < -0.39 is 10.8 Å². The zero-order valence-corrected chi connectivity index (χ0v) is 17.1. The van der Waals surface area contributed by atoms with Gasteiger partial charge in [-0.05, 0) is 43.7 Å². The molecule has 31 heavy (non-hydrogen) atoms. The van der Waals surface area contributed by atoms with Crippen LogP contribution in [0.2, 0.25) is 0 Å². The normalized spacial score (nSPS) is 10.9. The van der Waals surface area contributed by atoms with Gasteiger partial charge in [-0.15, -0.1) is 0 Å². The topological polar surface area (TPSA) is 122 Å². The Morgan fingerprint density at radius 2 is 2.00 bits per heavy atom. The number of nitrogens with zero attached hydrogens (tertiary/aromatic N) is 3. The molecular weight excluding hydrogens is 404 g/mol. The van der Waals surface area contributed by atoms with Crippen molar-refractivity contribution in [2.24, 2.45) is 0 Å². The first-order valence-electron chi connectivity index (χ1n) is 9.62. The summed E-state index contributed by atoms with van der Waals surface area (Å²) < 4.78 is 17.9. The molecule has 2 heterocycles. The van der Waals surface area contributed by atoms with E-state index in [0.717, 1.165) is 5.56 Å². The molecule has 0 saturated heterocycles. The maximum absolute atomic E-state index is 12.1. The largest absolute Gasteiger partial charge is 0.490 e. The third-order valence-electron chi connectivity index (χ3n) is 4.04. The van der Waals surface area contributed by atoms with Gasteiger partial charge in [-0.2, -0.15) is 5.10 Å². The van der Waals surface area contributed by atoms with Gasteiger partial charge in [-0.1, -0.05) is 6.07 Å². The Hall–Kier alpha value is -4.08. The molecule has 0 aliphatic heterocycles. The SMILES string of the molecule is CCOc1ccc(Cn2cc(NC(=O)/C=C/c3ccc([N+](=O)[O-])o3)cn2)cc1OCC. The van der Waals surface area contributed by atoms with E-state index in [-0.39, 0.29) is 11.6 Å². The molecule has 0 aliphatic rings. The molecule has 0 aliphatic carbocycles. The minimum Gasteiger partial charge on any atom is -0.490 e. The van der Waals surface area contributed by atoms with Crippen molar-refractivity contribution in [3.63, 3.8) is 0 Å². The molecule has 0 atom stereocenters. The zero-order valence-electron chi connectivity index (χ0n) is 17.1. The molecule has 2 aromatic heterocycles. The molecular formula is C21H22N4O6. The summed E-state index contributed by atoms with van der Waals surface area (Å²) in [6.45, 7) is 5.38. The smallest absolute Gasteiger partial charge is 0.433 e. The number of ether oxygens (including phenoxy) is 2. The van der Waals surface area contributed by atoms with Gasteiger partial charge >= 0.3 is 5.88 Å². The van der Waals surface area contributed by atoms with E-state index in [4.69, 9.17) is 13.9 Å². The lowest BCUT2D eigenvalue weighted by Gasteiger charge is -2.12. The fourth-order valence-electron chi connectivity index (χ4n) is 2.77. The van der Waals surface area contributed by atoms with Crippen LogP contribution < -0.4 is 14.8 Å². The third-order valence-corrected chi connectivity index (χ3v) is 4.04. The maximum atomic E-state index is 12.1. The summed E-state index contributed by atoms with van der Waals surface area (Å²) in [5.41, 5.74) is 1.48. The lowest BCUT2D eigenvalue weighted by atomic mass is 10.2. The third kappa shape index (κ3) is 5.95. The molecule has 0 unspecified atom stereocenters. The summed E-state index contributed by atoms with van der Waals surface area (Å²) in [6.07, 6.45) is 5.80. The number of aromatic nitrogens is 2. The Morgan fingerprint density at radius 3 is 2.71 bits per heavy atom. The van der Waals surface area contributed by atoms with Crippen molar-refractivity contribution in [1.29, 1.82) is 0 Å². The van der Waals surface area contributed by atoms with Crippen LogP contribution in [0, 0.1) is 10.1 Å². The number of nitro groups is 1. The summed E-state index contributed by atoms with van der Waals surface area (Å²) in [6, 6.07) is 8.32. The first-order chi connectivity index (χ1) is 15.0. The highest BCUT2D eigenvalue weighted by Gasteiger charge is 2.11. The molecule has 10 nitrogen and oxygen atoms in total. The quantitative estimate of drug-likeness (QED) is 0.296. The van der Waals surface area contributed by atoms with Gasteiger partial charge in [-0.3, -0.25) is 19.6 Å². The van der Waals surface area contributed by atoms with Crippen LogP contribution in [0.5, 0.6) is 11.5 Å². The molecule has 0 saturated carbocycles. The minimum absolute atomic E-state index is 0.207. The average molecular weight is 426 g/mol. The van der Waals surface area contributed by atoms with Crippen LogP contribution in [0.4, 0.5) is 11.6 Å². The standard InChI is InChI=1S/C21H22N4O6/c1-3-29-18-8-5-15(11-19(18)30-4-2)13-24-14-16(12-22-24)23-20(26)9-6-17-7-10-21(31-17)25(27)28/h5-12,14H,3-4,13H2,1-2H3,(H,23,26)/b9-6+. The highest BCUT2D eigenvalue weighted by molar-refractivity contribution is 6.01. The molecule has 3 aromatic rings. The Morgan fingerprint density at radius 1 is 1.23 bits per heavy atom. The van der Waals surface area contributed by atoms with E-state index in [1.165, 1.54) is 30.5 Å². The van der Waals surface area contributed by atoms with Gasteiger partial charge in [0.05, 0.1) is 37.7 Å². The summed E-state index contributed by atoms with van der Waals surface area (Å²) >= 11 is 0. The number of amides is 1. The molecule has 1 N–H and O–H groups in total. The number of hydrogen-bond acceptors (Lipinski definition) is 7. The Bertz CT molecular complexity index is 1090. The van der Waals surface area contributed by atoms with Crippen LogP contribution in [-0.4, -0.2) is 33.8 Å². The van der Waals surface area contributed by atoms with Gasteiger partial charge in [0.2, 0.25) is 5.91 Å². The molecule has 0 spiro atoms. The molecule has 1 amide bonds. The summed E-state index contributed by atoms with van der Waals surface area (Å²) in [7, 11) is 0. The van der Waals surface area contributed by atoms with Crippen molar-refractivity contribution in [1.82, 2.24) is 9.78 Å². The van der Waals surface area contributed by atoms with Gasteiger partial charge in [0.15, 0.2) is 11.5 Å². The van der Waals surface area contributed by atoms with Gasteiger partial charge in [0, 0.05) is 12.3 Å².